The van der Waals surface area contributed by atoms with Gasteiger partial charge in [0, 0.05) is 23.5 Å². The number of aryl methyl sites for hydroxylation is 2. The van der Waals surface area contributed by atoms with Crippen LogP contribution in [0.15, 0.2) is 71.6 Å². The van der Waals surface area contributed by atoms with Crippen molar-refractivity contribution >= 4 is 48.7 Å². The highest BCUT2D eigenvalue weighted by Gasteiger charge is 2.24. The third-order valence-corrected chi connectivity index (χ3v) is 7.64. The molecule has 0 spiro atoms. The van der Waals surface area contributed by atoms with Gasteiger partial charge in [0.15, 0.2) is 0 Å². The molecule has 0 unspecified atom stereocenters. The van der Waals surface area contributed by atoms with Crippen LogP contribution >= 0.6 is 0 Å². The Labute approximate surface area is 209 Å². The van der Waals surface area contributed by atoms with Crippen molar-refractivity contribution in [3.05, 3.63) is 88.0 Å². The van der Waals surface area contributed by atoms with E-state index in [1.807, 2.05) is 6.92 Å². The molecule has 0 aliphatic carbocycles. The number of benzene rings is 3. The molecule has 11 nitrogen and oxygen atoms in total. The number of nitro benzene ring substituents is 1. The second-order valence-electron chi connectivity index (χ2n) is 8.04. The molecule has 0 aromatic heterocycles. The summed E-state index contributed by atoms with van der Waals surface area (Å²) >= 11 is 0. The number of hydrogen-bond donors (Lipinski definition) is 2. The van der Waals surface area contributed by atoms with Gasteiger partial charge in [-0.1, -0.05) is 23.8 Å². The molecule has 0 saturated heterocycles. The Morgan fingerprint density at radius 3 is 2.06 bits per heavy atom. The Balaban J connectivity index is 1.76. The van der Waals surface area contributed by atoms with Crippen molar-refractivity contribution in [1.82, 2.24) is 0 Å². The number of nitrogens with zero attached hydrogens (tertiary/aromatic N) is 2. The minimum absolute atomic E-state index is 0.00507. The van der Waals surface area contributed by atoms with Gasteiger partial charge in [-0.3, -0.25) is 23.9 Å². The molecule has 0 radical (unpaired) electrons. The fourth-order valence-corrected chi connectivity index (χ4v) is 5.21. The zero-order chi connectivity index (χ0) is 26.7. The van der Waals surface area contributed by atoms with Crippen LogP contribution in [0, 0.1) is 24.0 Å². The molecule has 0 aliphatic heterocycles. The molecule has 2 N–H and O–H groups in total. The Morgan fingerprint density at radius 1 is 0.917 bits per heavy atom. The van der Waals surface area contributed by atoms with Crippen LogP contribution in [0.5, 0.6) is 0 Å². The van der Waals surface area contributed by atoms with E-state index in [9.17, 15) is 31.7 Å². The first-order chi connectivity index (χ1) is 16.8. The van der Waals surface area contributed by atoms with E-state index in [1.54, 1.807) is 31.2 Å². The van der Waals surface area contributed by atoms with Gasteiger partial charge >= 0.3 is 0 Å². The number of amides is 1. The highest BCUT2D eigenvalue weighted by Crippen LogP contribution is 2.27. The second kappa shape index (κ2) is 10.3. The van der Waals surface area contributed by atoms with Gasteiger partial charge < -0.3 is 5.32 Å². The lowest BCUT2D eigenvalue weighted by atomic mass is 10.2. The summed E-state index contributed by atoms with van der Waals surface area (Å²) in [5, 5.41) is 13.6. The van der Waals surface area contributed by atoms with Gasteiger partial charge in [-0.05, 0) is 55.8 Å². The summed E-state index contributed by atoms with van der Waals surface area (Å²) in [6.07, 6.45) is 0.888. The van der Waals surface area contributed by atoms with Crippen LogP contribution in [0.25, 0.3) is 0 Å². The molecule has 3 aromatic rings. The topological polar surface area (TPSA) is 156 Å². The first-order valence-corrected chi connectivity index (χ1v) is 13.8. The molecule has 13 heteroatoms. The zero-order valence-electron chi connectivity index (χ0n) is 19.6. The number of anilines is 3. The highest BCUT2D eigenvalue weighted by molar-refractivity contribution is 7.92. The van der Waals surface area contributed by atoms with Crippen molar-refractivity contribution in [1.29, 1.82) is 0 Å². The molecule has 0 aliphatic rings. The van der Waals surface area contributed by atoms with Crippen LogP contribution in [-0.4, -0.2) is 40.5 Å². The maximum atomic E-state index is 12.6. The summed E-state index contributed by atoms with van der Waals surface area (Å²) < 4.78 is 53.2. The fraction of sp³-hybridized carbons (Fsp3) is 0.174. The molecule has 3 rings (SSSR count). The van der Waals surface area contributed by atoms with Crippen molar-refractivity contribution < 1.29 is 26.6 Å². The first kappa shape index (κ1) is 26.6. The minimum Gasteiger partial charge on any atom is -0.325 e. The Hall–Kier alpha value is -3.97. The molecule has 0 bridgehead atoms. The predicted octanol–water partition coefficient (Wildman–Crippen LogP) is 3.42. The molecule has 0 atom stereocenters. The average Bonchev–Trinajstić information content (AvgIpc) is 2.79. The van der Waals surface area contributed by atoms with Crippen LogP contribution in [0.4, 0.5) is 22.7 Å². The summed E-state index contributed by atoms with van der Waals surface area (Å²) in [5.41, 5.74) is 1.72. The lowest BCUT2D eigenvalue weighted by Gasteiger charge is -2.23. The molecule has 3 aromatic carbocycles. The minimum atomic E-state index is -3.97. The van der Waals surface area contributed by atoms with Crippen molar-refractivity contribution in [2.24, 2.45) is 0 Å². The molecular formula is C23H24N4O7S2. The number of nitro groups is 1. The molecule has 0 heterocycles. The molecular weight excluding hydrogens is 508 g/mol. The van der Waals surface area contributed by atoms with E-state index in [4.69, 9.17) is 0 Å². The van der Waals surface area contributed by atoms with Gasteiger partial charge in [-0.25, -0.2) is 16.8 Å². The van der Waals surface area contributed by atoms with E-state index in [1.165, 1.54) is 36.4 Å². The van der Waals surface area contributed by atoms with Gasteiger partial charge in [0.05, 0.1) is 21.8 Å². The van der Waals surface area contributed by atoms with Gasteiger partial charge in [0.25, 0.3) is 15.7 Å². The number of hydrogen-bond acceptors (Lipinski definition) is 7. The Bertz CT molecular complexity index is 1500. The van der Waals surface area contributed by atoms with Gasteiger partial charge in [-0.2, -0.15) is 0 Å². The number of rotatable bonds is 9. The summed E-state index contributed by atoms with van der Waals surface area (Å²) in [7, 11) is -7.83. The molecule has 0 saturated carbocycles. The second-order valence-corrected chi connectivity index (χ2v) is 11.6. The van der Waals surface area contributed by atoms with Gasteiger partial charge in [-0.15, -0.1) is 0 Å². The van der Waals surface area contributed by atoms with Crippen molar-refractivity contribution in [2.75, 3.05) is 27.1 Å². The fourth-order valence-electron chi connectivity index (χ4n) is 3.25. The van der Waals surface area contributed by atoms with E-state index in [-0.39, 0.29) is 22.0 Å². The molecule has 1 amide bonds. The monoisotopic (exact) mass is 532 g/mol. The summed E-state index contributed by atoms with van der Waals surface area (Å²) in [5.74, 6) is -0.722. The quantitative estimate of drug-likeness (QED) is 0.316. The smallest absolute Gasteiger partial charge is 0.271 e. The van der Waals surface area contributed by atoms with Crippen molar-refractivity contribution in [3.8, 4) is 0 Å². The maximum absolute atomic E-state index is 12.6. The number of carbonyl (C=O) groups excluding carboxylic acids is 1. The number of carbonyl (C=O) groups is 1. The van der Waals surface area contributed by atoms with Crippen LogP contribution in [0.3, 0.4) is 0 Å². The van der Waals surface area contributed by atoms with E-state index in [2.05, 4.69) is 10.0 Å². The average molecular weight is 533 g/mol. The third-order valence-electron chi connectivity index (χ3n) is 5.11. The number of nitrogens with one attached hydrogen (secondary N) is 2. The summed E-state index contributed by atoms with van der Waals surface area (Å²) in [6, 6.07) is 15.9. The lowest BCUT2D eigenvalue weighted by Crippen LogP contribution is -2.37. The third kappa shape index (κ3) is 6.58. The van der Waals surface area contributed by atoms with Crippen LogP contribution < -0.4 is 14.3 Å². The normalized spacial score (nSPS) is 11.5. The SMILES string of the molecule is Cc1ccc(NS(=O)(=O)c2ccc(NC(=O)CN(c3cc([N+](=O)[O-])ccc3C)S(C)(=O)=O)cc2)cc1. The lowest BCUT2D eigenvalue weighted by molar-refractivity contribution is -0.384. The number of non-ortho nitro benzene ring substituents is 1. The van der Waals surface area contributed by atoms with E-state index >= 15 is 0 Å². The standard InChI is InChI=1S/C23H24N4O7S2/c1-16-4-7-19(8-5-16)25-36(33,34)21-12-9-18(10-13-21)24-23(28)15-26(35(3,31)32)22-14-20(27(29)30)11-6-17(22)2/h4-14,25H,15H2,1-3H3,(H,24,28). The largest absolute Gasteiger partial charge is 0.325 e. The van der Waals surface area contributed by atoms with E-state index in [0.29, 0.717) is 11.3 Å². The van der Waals surface area contributed by atoms with Crippen LogP contribution in [0.2, 0.25) is 0 Å². The summed E-state index contributed by atoms with van der Waals surface area (Å²) in [6.45, 7) is 2.81. The predicted molar refractivity (Wildman–Crippen MR) is 137 cm³/mol. The molecule has 36 heavy (non-hydrogen) atoms. The maximum Gasteiger partial charge on any atom is 0.271 e. The van der Waals surface area contributed by atoms with Crippen molar-refractivity contribution in [2.45, 2.75) is 18.7 Å². The zero-order valence-corrected chi connectivity index (χ0v) is 21.3. The van der Waals surface area contributed by atoms with E-state index < -0.39 is 37.4 Å². The summed E-state index contributed by atoms with van der Waals surface area (Å²) in [4.78, 5) is 23.1. The van der Waals surface area contributed by atoms with Crippen molar-refractivity contribution in [3.63, 3.8) is 0 Å². The number of sulfonamides is 2. The van der Waals surface area contributed by atoms with Gasteiger partial charge in [0.1, 0.15) is 6.54 Å². The molecule has 0 fully saturated rings. The van der Waals surface area contributed by atoms with E-state index in [0.717, 1.165) is 22.2 Å². The Morgan fingerprint density at radius 2 is 1.50 bits per heavy atom. The first-order valence-electron chi connectivity index (χ1n) is 10.5. The molecule has 190 valence electrons. The Kier molecular flexibility index (Phi) is 7.65. The van der Waals surface area contributed by atoms with Crippen LogP contribution in [-0.2, 0) is 24.8 Å². The van der Waals surface area contributed by atoms with Gasteiger partial charge in [0.2, 0.25) is 15.9 Å². The highest BCUT2D eigenvalue weighted by atomic mass is 32.2. The van der Waals surface area contributed by atoms with Crippen LogP contribution in [0.1, 0.15) is 11.1 Å².